The molecule has 0 amide bonds. The highest BCUT2D eigenvalue weighted by Crippen LogP contribution is 2.12. The number of nitrogens with two attached hydrogens (primary N) is 1. The average molecular weight is 230 g/mol. The number of rotatable bonds is 4. The number of hydrogen-bond donors (Lipinski definition) is 3. The molecule has 4 N–H and O–H groups in total. The second-order valence-electron chi connectivity index (χ2n) is 3.35. The van der Waals surface area contributed by atoms with Crippen LogP contribution >= 0.6 is 0 Å². The molecule has 0 aliphatic carbocycles. The fourth-order valence-corrected chi connectivity index (χ4v) is 1.77. The zero-order chi connectivity index (χ0) is 11.5. The van der Waals surface area contributed by atoms with Gasteiger partial charge in [0.2, 0.25) is 10.0 Å². The van der Waals surface area contributed by atoms with Crippen LogP contribution in [0.25, 0.3) is 0 Å². The summed E-state index contributed by atoms with van der Waals surface area (Å²) in [5, 5.41) is 8.97. The van der Waals surface area contributed by atoms with Crippen molar-refractivity contribution in [3.8, 4) is 0 Å². The number of hydrogen-bond acceptors (Lipinski definition) is 4. The average Bonchev–Trinajstić information content (AvgIpc) is 1.99. The number of sulfonamides is 1. The molecule has 15 heavy (non-hydrogen) atoms. The Morgan fingerprint density at radius 2 is 2.20 bits per heavy atom. The predicted molar refractivity (Wildman–Crippen MR) is 58.8 cm³/mol. The number of aliphatic hydroxyl groups is 1. The van der Waals surface area contributed by atoms with Gasteiger partial charge in [0, 0.05) is 12.1 Å². The summed E-state index contributed by atoms with van der Waals surface area (Å²) in [6, 6.07) is 6.74. The molecule has 0 aliphatic rings. The van der Waals surface area contributed by atoms with Gasteiger partial charge in [-0.2, -0.15) is 0 Å². The molecule has 0 aliphatic heterocycles. The number of nitrogens with one attached hydrogen (secondary N) is 1. The SMILES string of the molecule is CS(=O)(=O)Nc1cccc(CC(N)O)c1. The van der Waals surface area contributed by atoms with Crippen LogP contribution in [-0.2, 0) is 16.4 Å². The van der Waals surface area contributed by atoms with Crippen LogP contribution in [0.3, 0.4) is 0 Å². The van der Waals surface area contributed by atoms with Crippen molar-refractivity contribution in [3.05, 3.63) is 29.8 Å². The Bertz CT molecular complexity index is 429. The molecule has 0 radical (unpaired) electrons. The van der Waals surface area contributed by atoms with Gasteiger partial charge in [0.05, 0.1) is 6.26 Å². The van der Waals surface area contributed by atoms with E-state index >= 15 is 0 Å². The lowest BCUT2D eigenvalue weighted by Crippen LogP contribution is -2.21. The Kier molecular flexibility index (Phi) is 3.67. The number of aliphatic hydroxyl groups excluding tert-OH is 1. The third kappa shape index (κ3) is 4.78. The highest BCUT2D eigenvalue weighted by Gasteiger charge is 2.04. The van der Waals surface area contributed by atoms with Gasteiger partial charge in [0.25, 0.3) is 0 Å². The van der Waals surface area contributed by atoms with Gasteiger partial charge >= 0.3 is 0 Å². The van der Waals surface area contributed by atoms with E-state index < -0.39 is 16.3 Å². The minimum atomic E-state index is -3.27. The van der Waals surface area contributed by atoms with E-state index in [1.54, 1.807) is 24.3 Å². The van der Waals surface area contributed by atoms with Crippen molar-refractivity contribution in [3.63, 3.8) is 0 Å². The van der Waals surface area contributed by atoms with Crippen LogP contribution in [0.15, 0.2) is 24.3 Å². The van der Waals surface area contributed by atoms with Crippen molar-refractivity contribution < 1.29 is 13.5 Å². The zero-order valence-corrected chi connectivity index (χ0v) is 9.16. The van der Waals surface area contributed by atoms with Crippen LogP contribution in [0.1, 0.15) is 5.56 Å². The maximum absolute atomic E-state index is 10.9. The molecule has 1 atom stereocenters. The van der Waals surface area contributed by atoms with Gasteiger partial charge in [0.15, 0.2) is 0 Å². The van der Waals surface area contributed by atoms with Crippen LogP contribution in [0, 0.1) is 0 Å². The molecule has 0 bridgehead atoms. The van der Waals surface area contributed by atoms with Crippen LogP contribution < -0.4 is 10.5 Å². The summed E-state index contributed by atoms with van der Waals surface area (Å²) in [6.07, 6.45) is 0.440. The van der Waals surface area contributed by atoms with E-state index in [-0.39, 0.29) is 0 Å². The standard InChI is InChI=1S/C9H14N2O3S/c1-15(13,14)11-8-4-2-3-7(5-8)6-9(10)12/h2-5,9,11-12H,6,10H2,1H3. The topological polar surface area (TPSA) is 92.4 Å². The Labute approximate surface area is 89.0 Å². The lowest BCUT2D eigenvalue weighted by atomic mass is 10.1. The van der Waals surface area contributed by atoms with Crippen LogP contribution in [-0.4, -0.2) is 26.0 Å². The highest BCUT2D eigenvalue weighted by atomic mass is 32.2. The first-order valence-corrected chi connectivity index (χ1v) is 6.26. The first-order valence-electron chi connectivity index (χ1n) is 4.37. The zero-order valence-electron chi connectivity index (χ0n) is 8.34. The molecule has 1 rings (SSSR count). The molecule has 0 saturated heterocycles. The van der Waals surface area contributed by atoms with Gasteiger partial charge in [-0.15, -0.1) is 0 Å². The third-order valence-corrected chi connectivity index (χ3v) is 2.28. The summed E-state index contributed by atoms with van der Waals surface area (Å²) in [4.78, 5) is 0. The predicted octanol–water partition coefficient (Wildman–Crippen LogP) is -0.122. The lowest BCUT2D eigenvalue weighted by Gasteiger charge is -2.07. The molecule has 0 fully saturated rings. The first kappa shape index (κ1) is 12.0. The van der Waals surface area contributed by atoms with E-state index in [1.165, 1.54) is 0 Å². The molecule has 1 unspecified atom stereocenters. The molecule has 5 nitrogen and oxygen atoms in total. The molecule has 1 aromatic rings. The Balaban J connectivity index is 2.83. The van der Waals surface area contributed by atoms with Gasteiger partial charge in [-0.3, -0.25) is 4.72 Å². The second-order valence-corrected chi connectivity index (χ2v) is 5.09. The van der Waals surface area contributed by atoms with Gasteiger partial charge in [0.1, 0.15) is 6.23 Å². The maximum atomic E-state index is 10.9. The van der Waals surface area contributed by atoms with Gasteiger partial charge in [-0.25, -0.2) is 8.42 Å². The van der Waals surface area contributed by atoms with Crippen LogP contribution in [0.2, 0.25) is 0 Å². The summed E-state index contributed by atoms with van der Waals surface area (Å²) in [5.74, 6) is 0. The van der Waals surface area contributed by atoms with E-state index in [9.17, 15) is 8.42 Å². The molecule has 0 saturated carbocycles. The molecular formula is C9H14N2O3S. The van der Waals surface area contributed by atoms with Crippen LogP contribution in [0.5, 0.6) is 0 Å². The Morgan fingerprint density at radius 1 is 1.53 bits per heavy atom. The van der Waals surface area contributed by atoms with Crippen LogP contribution in [0.4, 0.5) is 5.69 Å². The molecule has 0 aromatic heterocycles. The summed E-state index contributed by atoms with van der Waals surface area (Å²) in [7, 11) is -3.27. The lowest BCUT2D eigenvalue weighted by molar-refractivity contribution is 0.183. The third-order valence-electron chi connectivity index (χ3n) is 1.68. The largest absolute Gasteiger partial charge is 0.378 e. The first-order chi connectivity index (χ1) is 6.87. The highest BCUT2D eigenvalue weighted by molar-refractivity contribution is 7.92. The second kappa shape index (κ2) is 4.61. The van der Waals surface area contributed by atoms with Crippen molar-refractivity contribution in [1.29, 1.82) is 0 Å². The van der Waals surface area contributed by atoms with E-state index in [0.29, 0.717) is 12.1 Å². The van der Waals surface area contributed by atoms with Gasteiger partial charge in [-0.1, -0.05) is 12.1 Å². The van der Waals surface area contributed by atoms with Crippen molar-refractivity contribution in [2.45, 2.75) is 12.6 Å². The molecule has 0 spiro atoms. The monoisotopic (exact) mass is 230 g/mol. The normalized spacial score (nSPS) is 13.5. The molecule has 1 aromatic carbocycles. The van der Waals surface area contributed by atoms with Crippen molar-refractivity contribution >= 4 is 15.7 Å². The van der Waals surface area contributed by atoms with Gasteiger partial charge in [-0.05, 0) is 17.7 Å². The minimum absolute atomic E-state index is 0.291. The summed E-state index contributed by atoms with van der Waals surface area (Å²) < 4.78 is 24.2. The van der Waals surface area contributed by atoms with E-state index in [1.807, 2.05) is 0 Å². The molecule has 0 heterocycles. The van der Waals surface area contributed by atoms with Crippen molar-refractivity contribution in [2.75, 3.05) is 11.0 Å². The fourth-order valence-electron chi connectivity index (χ4n) is 1.22. The van der Waals surface area contributed by atoms with Crippen molar-refractivity contribution in [1.82, 2.24) is 0 Å². The molecule has 6 heteroatoms. The molecular weight excluding hydrogens is 216 g/mol. The van der Waals surface area contributed by atoms with E-state index in [2.05, 4.69) is 4.72 Å². The summed E-state index contributed by atoms with van der Waals surface area (Å²) >= 11 is 0. The minimum Gasteiger partial charge on any atom is -0.378 e. The fraction of sp³-hybridized carbons (Fsp3) is 0.333. The molecule has 84 valence electrons. The summed E-state index contributed by atoms with van der Waals surface area (Å²) in [6.45, 7) is 0. The quantitative estimate of drug-likeness (QED) is 0.629. The number of benzene rings is 1. The van der Waals surface area contributed by atoms with E-state index in [4.69, 9.17) is 10.8 Å². The maximum Gasteiger partial charge on any atom is 0.229 e. The smallest absolute Gasteiger partial charge is 0.229 e. The van der Waals surface area contributed by atoms with Gasteiger partial charge < -0.3 is 10.8 Å². The van der Waals surface area contributed by atoms with Crippen molar-refractivity contribution in [2.24, 2.45) is 5.73 Å². The Hall–Kier alpha value is -1.11. The Morgan fingerprint density at radius 3 is 2.73 bits per heavy atom. The van der Waals surface area contributed by atoms with E-state index in [0.717, 1.165) is 11.8 Å². The number of anilines is 1. The summed E-state index contributed by atoms with van der Waals surface area (Å²) in [5.41, 5.74) is 6.46.